The molecule has 3 N–H and O–H groups in total. The van der Waals surface area contributed by atoms with Crippen LogP contribution in [0.4, 0.5) is 5.69 Å². The number of hydrogen-bond donors (Lipinski definition) is 2. The molecule has 0 spiro atoms. The Labute approximate surface area is 108 Å². The van der Waals surface area contributed by atoms with Crippen molar-refractivity contribution >= 4 is 5.69 Å². The fourth-order valence-corrected chi connectivity index (χ4v) is 2.62. The van der Waals surface area contributed by atoms with E-state index >= 15 is 0 Å². The van der Waals surface area contributed by atoms with E-state index in [1.54, 1.807) is 0 Å². The van der Waals surface area contributed by atoms with Crippen molar-refractivity contribution in [1.29, 1.82) is 0 Å². The molecular weight excluding hydrogens is 220 g/mol. The number of hydrogen-bond acceptors (Lipinski definition) is 2. The Morgan fingerprint density at radius 3 is 2.67 bits per heavy atom. The van der Waals surface area contributed by atoms with Gasteiger partial charge in [-0.25, -0.2) is 0 Å². The van der Waals surface area contributed by atoms with Crippen molar-refractivity contribution in [3.63, 3.8) is 0 Å². The van der Waals surface area contributed by atoms with E-state index in [0.29, 0.717) is 5.92 Å². The zero-order valence-corrected chi connectivity index (χ0v) is 10.4. The highest BCUT2D eigenvalue weighted by Gasteiger charge is 2.24. The van der Waals surface area contributed by atoms with E-state index in [1.807, 2.05) is 18.2 Å². The van der Waals surface area contributed by atoms with Gasteiger partial charge in [0.2, 0.25) is 0 Å². The lowest BCUT2D eigenvalue weighted by Crippen LogP contribution is -2.28. The van der Waals surface area contributed by atoms with Crippen molar-refractivity contribution in [3.05, 3.63) is 65.2 Å². The molecule has 0 radical (unpaired) electrons. The molecule has 1 aliphatic rings. The molecule has 0 fully saturated rings. The lowest BCUT2D eigenvalue weighted by molar-refractivity contribution is 0.536. The summed E-state index contributed by atoms with van der Waals surface area (Å²) >= 11 is 0. The highest BCUT2D eigenvalue weighted by molar-refractivity contribution is 5.46. The molecule has 0 aromatic heterocycles. The van der Waals surface area contributed by atoms with E-state index in [9.17, 15) is 0 Å². The first-order valence-corrected chi connectivity index (χ1v) is 6.46. The molecule has 0 saturated carbocycles. The summed E-state index contributed by atoms with van der Waals surface area (Å²) in [7, 11) is 0. The predicted octanol–water partition coefficient (Wildman–Crippen LogP) is 2.70. The van der Waals surface area contributed by atoms with Crippen molar-refractivity contribution in [2.24, 2.45) is 0 Å². The second-order valence-corrected chi connectivity index (χ2v) is 4.93. The van der Waals surface area contributed by atoms with Crippen LogP contribution in [0.1, 0.15) is 22.6 Å². The molecule has 0 heterocycles. The molecule has 1 atom stereocenters. The summed E-state index contributed by atoms with van der Waals surface area (Å²) in [4.78, 5) is 0. The fraction of sp³-hybridized carbons (Fsp3) is 0.250. The summed E-state index contributed by atoms with van der Waals surface area (Å²) in [6.45, 7) is 1.89. The van der Waals surface area contributed by atoms with Crippen LogP contribution < -0.4 is 11.1 Å². The Morgan fingerprint density at radius 1 is 1.06 bits per heavy atom. The number of nitrogen functional groups attached to an aromatic ring is 1. The van der Waals surface area contributed by atoms with Crippen molar-refractivity contribution in [2.75, 3.05) is 12.3 Å². The van der Waals surface area contributed by atoms with Crippen LogP contribution >= 0.6 is 0 Å². The summed E-state index contributed by atoms with van der Waals surface area (Å²) in [5.41, 5.74) is 11.0. The molecule has 0 saturated heterocycles. The average Bonchev–Trinajstić information content (AvgIpc) is 2.37. The van der Waals surface area contributed by atoms with Gasteiger partial charge in [0, 0.05) is 24.7 Å². The third-order valence-corrected chi connectivity index (χ3v) is 3.72. The Hall–Kier alpha value is -1.80. The van der Waals surface area contributed by atoms with E-state index in [-0.39, 0.29) is 0 Å². The fourth-order valence-electron chi connectivity index (χ4n) is 2.62. The first kappa shape index (κ1) is 11.3. The molecule has 2 aromatic carbocycles. The minimum absolute atomic E-state index is 0.672. The van der Waals surface area contributed by atoms with Crippen LogP contribution in [0.2, 0.25) is 0 Å². The first-order chi connectivity index (χ1) is 8.84. The van der Waals surface area contributed by atoms with E-state index in [1.165, 1.54) is 23.1 Å². The Balaban J connectivity index is 1.54. The number of rotatable bonds is 4. The summed E-state index contributed by atoms with van der Waals surface area (Å²) in [6.07, 6.45) is 1.20. The highest BCUT2D eigenvalue weighted by atomic mass is 14.9. The summed E-state index contributed by atoms with van der Waals surface area (Å²) in [5, 5.41) is 3.51. The molecule has 1 aliphatic carbocycles. The molecule has 18 heavy (non-hydrogen) atoms. The zero-order chi connectivity index (χ0) is 12.4. The topological polar surface area (TPSA) is 38.0 Å². The number of fused-ring (bicyclic) bond motifs is 1. The minimum Gasteiger partial charge on any atom is -0.398 e. The van der Waals surface area contributed by atoms with Gasteiger partial charge in [-0.2, -0.15) is 0 Å². The highest BCUT2D eigenvalue weighted by Crippen LogP contribution is 2.34. The number of benzene rings is 2. The smallest absolute Gasteiger partial charge is 0.0359 e. The number of anilines is 1. The normalized spacial score (nSPS) is 17.0. The monoisotopic (exact) mass is 238 g/mol. The van der Waals surface area contributed by atoms with Crippen LogP contribution in [-0.4, -0.2) is 6.54 Å². The van der Waals surface area contributed by atoms with Gasteiger partial charge in [0.1, 0.15) is 0 Å². The standard InChI is InChI=1S/C16H18N2/c17-16-8-4-2-6-13(16)10-18-11-14-9-12-5-1-3-7-15(12)14/h1-8,14,18H,9-11,17H2. The third kappa shape index (κ3) is 2.12. The molecule has 2 nitrogen and oxygen atoms in total. The zero-order valence-electron chi connectivity index (χ0n) is 10.4. The van der Waals surface area contributed by atoms with Crippen molar-refractivity contribution in [1.82, 2.24) is 5.32 Å². The first-order valence-electron chi connectivity index (χ1n) is 6.46. The third-order valence-electron chi connectivity index (χ3n) is 3.72. The second kappa shape index (κ2) is 4.83. The minimum atomic E-state index is 0.672. The van der Waals surface area contributed by atoms with E-state index < -0.39 is 0 Å². The Kier molecular flexibility index (Phi) is 3.03. The SMILES string of the molecule is Nc1ccccc1CNCC1Cc2ccccc21. The number of para-hydroxylation sites is 1. The van der Waals surface area contributed by atoms with Crippen molar-refractivity contribution < 1.29 is 0 Å². The molecular formula is C16H18N2. The van der Waals surface area contributed by atoms with E-state index in [0.717, 1.165) is 18.8 Å². The molecule has 92 valence electrons. The van der Waals surface area contributed by atoms with Crippen LogP contribution in [0.5, 0.6) is 0 Å². The molecule has 2 heteroatoms. The van der Waals surface area contributed by atoms with Crippen molar-refractivity contribution in [3.8, 4) is 0 Å². The maximum Gasteiger partial charge on any atom is 0.0359 e. The van der Waals surface area contributed by atoms with Gasteiger partial charge in [-0.1, -0.05) is 42.5 Å². The second-order valence-electron chi connectivity index (χ2n) is 4.93. The maximum absolute atomic E-state index is 5.92. The van der Waals surface area contributed by atoms with Crippen molar-refractivity contribution in [2.45, 2.75) is 18.9 Å². The van der Waals surface area contributed by atoms with Crippen LogP contribution in [0.25, 0.3) is 0 Å². The van der Waals surface area contributed by atoms with Gasteiger partial charge in [-0.05, 0) is 29.2 Å². The number of nitrogens with one attached hydrogen (secondary N) is 1. The number of nitrogens with two attached hydrogens (primary N) is 1. The van der Waals surface area contributed by atoms with Gasteiger partial charge in [0.15, 0.2) is 0 Å². The molecule has 3 rings (SSSR count). The molecule has 1 unspecified atom stereocenters. The summed E-state index contributed by atoms with van der Waals surface area (Å²) in [6, 6.07) is 16.7. The molecule has 0 amide bonds. The summed E-state index contributed by atoms with van der Waals surface area (Å²) in [5.74, 6) is 0.672. The van der Waals surface area contributed by atoms with Crippen LogP contribution in [0.15, 0.2) is 48.5 Å². The summed E-state index contributed by atoms with van der Waals surface area (Å²) < 4.78 is 0. The Morgan fingerprint density at radius 2 is 1.83 bits per heavy atom. The predicted molar refractivity (Wildman–Crippen MR) is 75.4 cm³/mol. The average molecular weight is 238 g/mol. The molecule has 2 aromatic rings. The Bertz CT molecular complexity index is 548. The van der Waals surface area contributed by atoms with Crippen LogP contribution in [0, 0.1) is 0 Å². The quantitative estimate of drug-likeness (QED) is 0.804. The van der Waals surface area contributed by atoms with E-state index in [4.69, 9.17) is 5.73 Å². The van der Waals surface area contributed by atoms with E-state index in [2.05, 4.69) is 35.6 Å². The lowest BCUT2D eigenvalue weighted by atomic mass is 9.77. The van der Waals surface area contributed by atoms with Crippen LogP contribution in [-0.2, 0) is 13.0 Å². The van der Waals surface area contributed by atoms with Crippen LogP contribution in [0.3, 0.4) is 0 Å². The maximum atomic E-state index is 5.92. The van der Waals surface area contributed by atoms with Gasteiger partial charge in [-0.15, -0.1) is 0 Å². The molecule has 0 bridgehead atoms. The van der Waals surface area contributed by atoms with Gasteiger partial charge in [0.25, 0.3) is 0 Å². The van der Waals surface area contributed by atoms with Gasteiger partial charge in [0.05, 0.1) is 0 Å². The van der Waals surface area contributed by atoms with Gasteiger partial charge in [-0.3, -0.25) is 0 Å². The van der Waals surface area contributed by atoms with Gasteiger partial charge >= 0.3 is 0 Å². The van der Waals surface area contributed by atoms with Gasteiger partial charge < -0.3 is 11.1 Å². The largest absolute Gasteiger partial charge is 0.398 e. The molecule has 0 aliphatic heterocycles. The lowest BCUT2D eigenvalue weighted by Gasteiger charge is -2.30.